The molecule has 0 atom stereocenters. The molecule has 7 heteroatoms. The molecule has 0 aliphatic rings. The van der Waals surface area contributed by atoms with Gasteiger partial charge in [0.25, 0.3) is 5.91 Å². The third-order valence-electron chi connectivity index (χ3n) is 2.92. The molecule has 0 radical (unpaired) electrons. The van der Waals surface area contributed by atoms with E-state index in [2.05, 4.69) is 17.1 Å². The average Bonchev–Trinajstić information content (AvgIpc) is 2.60. The SMILES string of the molecule is C=CCOc1ccccc1/C=N\NC(=O)COc1ccc(Cl)cc1Cl. The van der Waals surface area contributed by atoms with Gasteiger partial charge in [-0.2, -0.15) is 5.10 Å². The Morgan fingerprint density at radius 2 is 1.96 bits per heavy atom. The molecule has 0 aliphatic carbocycles. The predicted octanol–water partition coefficient (Wildman–Crippen LogP) is 4.09. The van der Waals surface area contributed by atoms with Crippen LogP contribution in [0.25, 0.3) is 0 Å². The molecule has 0 saturated heterocycles. The molecule has 1 N–H and O–H groups in total. The number of carbonyl (C=O) groups is 1. The van der Waals surface area contributed by atoms with Crippen molar-refractivity contribution < 1.29 is 14.3 Å². The molecule has 5 nitrogen and oxygen atoms in total. The molecular formula is C18H16Cl2N2O3. The highest BCUT2D eigenvalue weighted by Crippen LogP contribution is 2.27. The monoisotopic (exact) mass is 378 g/mol. The van der Waals surface area contributed by atoms with Gasteiger partial charge in [-0.3, -0.25) is 4.79 Å². The molecule has 2 aromatic rings. The maximum absolute atomic E-state index is 11.8. The Bertz CT molecular complexity index is 779. The van der Waals surface area contributed by atoms with Gasteiger partial charge < -0.3 is 9.47 Å². The molecule has 25 heavy (non-hydrogen) atoms. The van der Waals surface area contributed by atoms with E-state index in [0.29, 0.717) is 28.2 Å². The number of hydrogen-bond donors (Lipinski definition) is 1. The second-order valence-electron chi connectivity index (χ2n) is 4.79. The molecule has 0 heterocycles. The summed E-state index contributed by atoms with van der Waals surface area (Å²) < 4.78 is 10.8. The molecule has 2 aromatic carbocycles. The summed E-state index contributed by atoms with van der Waals surface area (Å²) in [5.74, 6) is 0.588. The van der Waals surface area contributed by atoms with Crippen LogP contribution in [0.3, 0.4) is 0 Å². The average molecular weight is 379 g/mol. The summed E-state index contributed by atoms with van der Waals surface area (Å²) in [4.78, 5) is 11.8. The first-order valence-corrected chi connectivity index (χ1v) is 8.08. The Morgan fingerprint density at radius 3 is 2.72 bits per heavy atom. The van der Waals surface area contributed by atoms with Crippen LogP contribution in [0.2, 0.25) is 10.0 Å². The molecule has 0 saturated carbocycles. The molecule has 0 aromatic heterocycles. The van der Waals surface area contributed by atoms with E-state index in [9.17, 15) is 4.79 Å². The fourth-order valence-electron chi connectivity index (χ4n) is 1.81. The van der Waals surface area contributed by atoms with E-state index < -0.39 is 5.91 Å². The number of para-hydroxylation sites is 1. The van der Waals surface area contributed by atoms with Crippen LogP contribution in [0.1, 0.15) is 5.56 Å². The Morgan fingerprint density at radius 1 is 1.16 bits per heavy atom. The zero-order valence-electron chi connectivity index (χ0n) is 13.2. The molecule has 1 amide bonds. The number of nitrogens with one attached hydrogen (secondary N) is 1. The van der Waals surface area contributed by atoms with Crippen molar-refractivity contribution >= 4 is 35.3 Å². The second kappa shape index (κ2) is 9.71. The van der Waals surface area contributed by atoms with Gasteiger partial charge >= 0.3 is 0 Å². The number of rotatable bonds is 8. The molecule has 0 unspecified atom stereocenters. The van der Waals surface area contributed by atoms with Gasteiger partial charge in [0.05, 0.1) is 11.2 Å². The number of ether oxygens (including phenoxy) is 2. The van der Waals surface area contributed by atoms with Crippen molar-refractivity contribution in [2.45, 2.75) is 0 Å². The van der Waals surface area contributed by atoms with Gasteiger partial charge in [0.15, 0.2) is 6.61 Å². The third-order valence-corrected chi connectivity index (χ3v) is 3.45. The Kier molecular flexibility index (Phi) is 7.32. The van der Waals surface area contributed by atoms with E-state index in [1.807, 2.05) is 18.2 Å². The fraction of sp³-hybridized carbons (Fsp3) is 0.111. The number of hydrazone groups is 1. The lowest BCUT2D eigenvalue weighted by Crippen LogP contribution is -2.24. The summed E-state index contributed by atoms with van der Waals surface area (Å²) in [7, 11) is 0. The number of nitrogens with zero attached hydrogens (tertiary/aromatic N) is 1. The van der Waals surface area contributed by atoms with Crippen molar-refractivity contribution in [2.24, 2.45) is 5.10 Å². The van der Waals surface area contributed by atoms with Gasteiger partial charge in [-0.05, 0) is 30.3 Å². The van der Waals surface area contributed by atoms with Crippen LogP contribution < -0.4 is 14.9 Å². The number of halogens is 2. The van der Waals surface area contributed by atoms with Gasteiger partial charge in [0, 0.05) is 10.6 Å². The minimum atomic E-state index is -0.424. The van der Waals surface area contributed by atoms with Crippen molar-refractivity contribution in [3.63, 3.8) is 0 Å². The quantitative estimate of drug-likeness (QED) is 0.427. The first-order chi connectivity index (χ1) is 12.1. The first-order valence-electron chi connectivity index (χ1n) is 7.32. The minimum absolute atomic E-state index is 0.229. The number of carbonyl (C=O) groups excluding carboxylic acids is 1. The highest BCUT2D eigenvalue weighted by Gasteiger charge is 2.06. The van der Waals surface area contributed by atoms with Crippen molar-refractivity contribution in [3.8, 4) is 11.5 Å². The number of benzene rings is 2. The standard InChI is InChI=1S/C18H16Cl2N2O3/c1-2-9-24-16-6-4-3-5-13(16)11-21-22-18(23)12-25-17-8-7-14(19)10-15(17)20/h2-8,10-11H,1,9,12H2,(H,22,23)/b21-11-. The fourth-order valence-corrected chi connectivity index (χ4v) is 2.27. The molecule has 2 rings (SSSR count). The normalized spacial score (nSPS) is 10.5. The third kappa shape index (κ3) is 6.14. The zero-order valence-corrected chi connectivity index (χ0v) is 14.8. The van der Waals surface area contributed by atoms with E-state index in [4.69, 9.17) is 32.7 Å². The van der Waals surface area contributed by atoms with Crippen LogP contribution in [-0.2, 0) is 4.79 Å². The molecular weight excluding hydrogens is 363 g/mol. The van der Waals surface area contributed by atoms with Gasteiger partial charge in [-0.1, -0.05) is 48.0 Å². The van der Waals surface area contributed by atoms with E-state index >= 15 is 0 Å². The van der Waals surface area contributed by atoms with E-state index in [0.717, 1.165) is 5.56 Å². The van der Waals surface area contributed by atoms with Crippen LogP contribution in [-0.4, -0.2) is 25.3 Å². The van der Waals surface area contributed by atoms with E-state index in [1.54, 1.807) is 24.3 Å². The maximum Gasteiger partial charge on any atom is 0.277 e. The van der Waals surface area contributed by atoms with Crippen LogP contribution in [0.15, 0.2) is 60.2 Å². The van der Waals surface area contributed by atoms with Gasteiger partial charge in [-0.15, -0.1) is 0 Å². The Hall–Kier alpha value is -2.50. The van der Waals surface area contributed by atoms with Gasteiger partial charge in [0.1, 0.15) is 18.1 Å². The minimum Gasteiger partial charge on any atom is -0.489 e. The topological polar surface area (TPSA) is 59.9 Å². The number of amides is 1. The molecule has 0 spiro atoms. The maximum atomic E-state index is 11.8. The van der Waals surface area contributed by atoms with Crippen molar-refractivity contribution in [1.82, 2.24) is 5.43 Å². The molecule has 0 fully saturated rings. The largest absolute Gasteiger partial charge is 0.489 e. The van der Waals surface area contributed by atoms with Crippen molar-refractivity contribution in [3.05, 3.63) is 70.7 Å². The summed E-state index contributed by atoms with van der Waals surface area (Å²) in [5, 5.41) is 4.71. The lowest BCUT2D eigenvalue weighted by Gasteiger charge is -2.07. The van der Waals surface area contributed by atoms with Crippen LogP contribution in [0, 0.1) is 0 Å². The lowest BCUT2D eigenvalue weighted by atomic mass is 10.2. The highest BCUT2D eigenvalue weighted by atomic mass is 35.5. The Balaban J connectivity index is 1.87. The summed E-state index contributed by atoms with van der Waals surface area (Å²) in [6.45, 7) is 3.75. The summed E-state index contributed by atoms with van der Waals surface area (Å²) >= 11 is 11.8. The van der Waals surface area contributed by atoms with Crippen molar-refractivity contribution in [2.75, 3.05) is 13.2 Å². The predicted molar refractivity (Wildman–Crippen MR) is 99.8 cm³/mol. The molecule has 130 valence electrons. The summed E-state index contributed by atoms with van der Waals surface area (Å²) in [6.07, 6.45) is 3.14. The van der Waals surface area contributed by atoms with E-state index in [-0.39, 0.29) is 6.61 Å². The lowest BCUT2D eigenvalue weighted by molar-refractivity contribution is -0.123. The molecule has 0 bridgehead atoms. The summed E-state index contributed by atoms with van der Waals surface area (Å²) in [6, 6.07) is 12.1. The van der Waals surface area contributed by atoms with Crippen LogP contribution >= 0.6 is 23.2 Å². The smallest absolute Gasteiger partial charge is 0.277 e. The van der Waals surface area contributed by atoms with Gasteiger partial charge in [0.2, 0.25) is 0 Å². The number of hydrogen-bond acceptors (Lipinski definition) is 4. The zero-order chi connectivity index (χ0) is 18.1. The highest BCUT2D eigenvalue weighted by molar-refractivity contribution is 6.35. The van der Waals surface area contributed by atoms with Crippen LogP contribution in [0.4, 0.5) is 0 Å². The van der Waals surface area contributed by atoms with Crippen LogP contribution in [0.5, 0.6) is 11.5 Å². The second-order valence-corrected chi connectivity index (χ2v) is 5.64. The first kappa shape index (κ1) is 18.8. The Labute approximate surface area is 155 Å². The van der Waals surface area contributed by atoms with Crippen molar-refractivity contribution in [1.29, 1.82) is 0 Å². The summed E-state index contributed by atoms with van der Waals surface area (Å²) in [5.41, 5.74) is 3.10. The van der Waals surface area contributed by atoms with E-state index in [1.165, 1.54) is 12.3 Å². The molecule has 0 aliphatic heterocycles. The van der Waals surface area contributed by atoms with Gasteiger partial charge in [-0.25, -0.2) is 5.43 Å².